The number of nitrogens with one attached hydrogen (secondary N) is 2. The van der Waals surface area contributed by atoms with Crippen LogP contribution < -0.4 is 10.0 Å². The fourth-order valence-electron chi connectivity index (χ4n) is 2.46. The van der Waals surface area contributed by atoms with Crippen LogP contribution in [-0.4, -0.2) is 33.0 Å². The molecule has 112 valence electrons. The summed E-state index contributed by atoms with van der Waals surface area (Å²) in [5, 5.41) is 3.46. The Hall–Kier alpha value is -0.720. The zero-order valence-corrected chi connectivity index (χ0v) is 13.8. The van der Waals surface area contributed by atoms with Gasteiger partial charge in [-0.15, -0.1) is 0 Å². The van der Waals surface area contributed by atoms with Crippen LogP contribution in [0.15, 0.2) is 29.2 Å². The summed E-state index contributed by atoms with van der Waals surface area (Å²) in [5.74, 6) is 2.24. The maximum absolute atomic E-state index is 11.8. The van der Waals surface area contributed by atoms with Crippen LogP contribution in [0, 0.1) is 5.41 Å². The van der Waals surface area contributed by atoms with Crippen molar-refractivity contribution in [1.29, 1.82) is 0 Å². The topological polar surface area (TPSA) is 58.2 Å². The van der Waals surface area contributed by atoms with Gasteiger partial charge in [0, 0.05) is 17.5 Å². The lowest BCUT2D eigenvalue weighted by atomic mass is 9.88. The highest BCUT2D eigenvalue weighted by atomic mass is 32.2. The minimum Gasteiger partial charge on any atom is -0.381 e. The molecule has 0 saturated carbocycles. The molecule has 1 aromatic carbocycles. The lowest BCUT2D eigenvalue weighted by molar-refractivity contribution is 0.358. The summed E-state index contributed by atoms with van der Waals surface area (Å²) in [6.45, 7) is 4.55. The zero-order chi connectivity index (χ0) is 14.8. The average molecular weight is 314 g/mol. The number of thioether (sulfide) groups is 1. The highest BCUT2D eigenvalue weighted by molar-refractivity contribution is 7.99. The predicted molar refractivity (Wildman–Crippen MR) is 85.8 cm³/mol. The van der Waals surface area contributed by atoms with Crippen LogP contribution in [0.25, 0.3) is 0 Å². The molecular weight excluding hydrogens is 292 g/mol. The molecule has 1 atom stereocenters. The minimum absolute atomic E-state index is 0.299. The van der Waals surface area contributed by atoms with Crippen molar-refractivity contribution >= 4 is 27.5 Å². The third-order valence-electron chi connectivity index (χ3n) is 3.39. The second-order valence-electron chi connectivity index (χ2n) is 5.96. The molecule has 0 spiro atoms. The first kappa shape index (κ1) is 15.7. The van der Waals surface area contributed by atoms with E-state index in [1.54, 1.807) is 18.2 Å². The predicted octanol–water partition coefficient (Wildman–Crippen LogP) is 2.54. The Kier molecular flexibility index (Phi) is 4.66. The van der Waals surface area contributed by atoms with Gasteiger partial charge in [0.25, 0.3) is 0 Å². The lowest BCUT2D eigenvalue weighted by Gasteiger charge is -2.35. The van der Waals surface area contributed by atoms with Crippen LogP contribution in [0.5, 0.6) is 0 Å². The molecule has 2 rings (SSSR count). The second-order valence-corrected chi connectivity index (χ2v) is 8.88. The fourth-order valence-corrected chi connectivity index (χ4v) is 4.51. The van der Waals surface area contributed by atoms with Crippen molar-refractivity contribution in [3.8, 4) is 0 Å². The monoisotopic (exact) mass is 314 g/mol. The highest BCUT2D eigenvalue weighted by Crippen LogP contribution is 2.34. The molecule has 4 nitrogen and oxygen atoms in total. The van der Waals surface area contributed by atoms with E-state index in [4.69, 9.17) is 0 Å². The van der Waals surface area contributed by atoms with Crippen molar-refractivity contribution in [2.45, 2.75) is 31.2 Å². The molecule has 20 heavy (non-hydrogen) atoms. The number of anilines is 1. The molecule has 0 aliphatic carbocycles. The molecule has 1 aromatic rings. The third kappa shape index (κ3) is 3.90. The molecule has 6 heteroatoms. The molecule has 1 aliphatic heterocycles. The summed E-state index contributed by atoms with van der Waals surface area (Å²) in [7, 11) is -1.95. The van der Waals surface area contributed by atoms with Gasteiger partial charge in [-0.3, -0.25) is 0 Å². The first-order valence-electron chi connectivity index (χ1n) is 6.70. The number of benzene rings is 1. The first-order chi connectivity index (χ1) is 9.32. The Morgan fingerprint density at radius 1 is 1.35 bits per heavy atom. The third-order valence-corrected chi connectivity index (χ3v) is 6.43. The lowest BCUT2D eigenvalue weighted by Crippen LogP contribution is -2.35. The largest absolute Gasteiger partial charge is 0.381 e. The van der Waals surface area contributed by atoms with Crippen molar-refractivity contribution in [3.05, 3.63) is 24.3 Å². The molecule has 1 aliphatic rings. The molecule has 1 unspecified atom stereocenters. The molecule has 2 N–H and O–H groups in total. The number of hydrogen-bond donors (Lipinski definition) is 2. The van der Waals surface area contributed by atoms with Crippen LogP contribution in [-0.2, 0) is 10.0 Å². The molecule has 1 fully saturated rings. The van der Waals surface area contributed by atoms with E-state index < -0.39 is 10.0 Å². The molecular formula is C14H22N2O2S2. The van der Waals surface area contributed by atoms with E-state index in [1.165, 1.54) is 12.8 Å². The van der Waals surface area contributed by atoms with E-state index in [0.29, 0.717) is 16.4 Å². The van der Waals surface area contributed by atoms with Crippen LogP contribution in [0.3, 0.4) is 0 Å². The Morgan fingerprint density at radius 2 is 2.10 bits per heavy atom. The van der Waals surface area contributed by atoms with Crippen molar-refractivity contribution in [3.63, 3.8) is 0 Å². The molecule has 0 radical (unpaired) electrons. The maximum Gasteiger partial charge on any atom is 0.240 e. The van der Waals surface area contributed by atoms with Gasteiger partial charge in [-0.2, -0.15) is 11.8 Å². The standard InChI is InChI=1S/C14H22N2O2S2/c1-14(2)8-12(9-19-10-14)16-11-5-4-6-13(7-11)20(17,18)15-3/h4-7,12,15-16H,8-10H2,1-3H3. The highest BCUT2D eigenvalue weighted by Gasteiger charge is 2.28. The van der Waals surface area contributed by atoms with Gasteiger partial charge in [-0.1, -0.05) is 19.9 Å². The second kappa shape index (κ2) is 5.95. The molecule has 0 amide bonds. The van der Waals surface area contributed by atoms with E-state index in [9.17, 15) is 8.42 Å². The van der Waals surface area contributed by atoms with Crippen LogP contribution in [0.1, 0.15) is 20.3 Å². The Labute approximate surface area is 125 Å². The quantitative estimate of drug-likeness (QED) is 0.897. The SMILES string of the molecule is CNS(=O)(=O)c1cccc(NC2CSCC(C)(C)C2)c1. The maximum atomic E-state index is 11.8. The summed E-state index contributed by atoms with van der Waals surface area (Å²) in [6.07, 6.45) is 1.10. The van der Waals surface area contributed by atoms with Crippen LogP contribution in [0.4, 0.5) is 5.69 Å². The van der Waals surface area contributed by atoms with Gasteiger partial charge < -0.3 is 5.32 Å². The van der Waals surface area contributed by atoms with E-state index >= 15 is 0 Å². The van der Waals surface area contributed by atoms with E-state index in [2.05, 4.69) is 23.9 Å². The van der Waals surface area contributed by atoms with E-state index in [1.807, 2.05) is 17.8 Å². The van der Waals surface area contributed by atoms with Crippen molar-refractivity contribution in [1.82, 2.24) is 4.72 Å². The van der Waals surface area contributed by atoms with Gasteiger partial charge >= 0.3 is 0 Å². The minimum atomic E-state index is -3.38. The van der Waals surface area contributed by atoms with Crippen molar-refractivity contribution in [2.24, 2.45) is 5.41 Å². The van der Waals surface area contributed by atoms with Gasteiger partial charge in [-0.25, -0.2) is 13.1 Å². The Bertz CT molecular complexity index is 570. The fraction of sp³-hybridized carbons (Fsp3) is 0.571. The van der Waals surface area contributed by atoms with Gasteiger partial charge in [0.2, 0.25) is 10.0 Å². The number of rotatable bonds is 4. The van der Waals surface area contributed by atoms with Gasteiger partial charge in [0.15, 0.2) is 0 Å². The van der Waals surface area contributed by atoms with Crippen molar-refractivity contribution < 1.29 is 8.42 Å². The number of hydrogen-bond acceptors (Lipinski definition) is 4. The van der Waals surface area contributed by atoms with E-state index in [-0.39, 0.29) is 0 Å². The average Bonchev–Trinajstić information content (AvgIpc) is 2.38. The molecule has 1 heterocycles. The smallest absolute Gasteiger partial charge is 0.240 e. The van der Waals surface area contributed by atoms with Gasteiger partial charge in [-0.05, 0) is 42.8 Å². The first-order valence-corrected chi connectivity index (χ1v) is 9.34. The normalized spacial score (nSPS) is 22.4. The van der Waals surface area contributed by atoms with Crippen LogP contribution >= 0.6 is 11.8 Å². The summed E-state index contributed by atoms with van der Waals surface area (Å²) in [5.41, 5.74) is 1.19. The van der Waals surface area contributed by atoms with Gasteiger partial charge in [0.05, 0.1) is 4.90 Å². The summed E-state index contributed by atoms with van der Waals surface area (Å²) in [6, 6.07) is 7.37. The van der Waals surface area contributed by atoms with Crippen LogP contribution in [0.2, 0.25) is 0 Å². The van der Waals surface area contributed by atoms with Gasteiger partial charge in [0.1, 0.15) is 0 Å². The van der Waals surface area contributed by atoms with E-state index in [0.717, 1.165) is 17.9 Å². The summed E-state index contributed by atoms with van der Waals surface area (Å²) in [4.78, 5) is 0.299. The Morgan fingerprint density at radius 3 is 2.75 bits per heavy atom. The number of sulfonamides is 1. The summed E-state index contributed by atoms with van der Waals surface area (Å²) >= 11 is 1.95. The summed E-state index contributed by atoms with van der Waals surface area (Å²) < 4.78 is 26.0. The molecule has 0 bridgehead atoms. The molecule has 0 aromatic heterocycles. The molecule has 1 saturated heterocycles. The zero-order valence-electron chi connectivity index (χ0n) is 12.1. The van der Waals surface area contributed by atoms with Crippen molar-refractivity contribution in [2.75, 3.05) is 23.9 Å². The Balaban J connectivity index is 2.13.